The summed E-state index contributed by atoms with van der Waals surface area (Å²) in [7, 11) is 1.98. The molecule has 0 spiro atoms. The molecule has 0 bridgehead atoms. The number of hydrogen-bond donors (Lipinski definition) is 1. The number of aromatic nitrogens is 5. The standard InChI is InChI=1S/C24H26F3N7O3/c1-31-18-5-3-2-4-17(18)29-23(31)33-9-7-32(8-10-33)20(35)6-12-37-13-11-34-15-16(24(25,26)27)21-19(34)14-28-30-22(21)36/h2-5,14-15H,6-13H2,1H3,(H,30,36). The molecule has 10 nitrogen and oxygen atoms in total. The first kappa shape index (κ1) is 24.8. The van der Waals surface area contributed by atoms with Crippen molar-refractivity contribution >= 4 is 33.8 Å². The van der Waals surface area contributed by atoms with Crippen LogP contribution in [0.2, 0.25) is 0 Å². The number of amides is 1. The fourth-order valence-corrected chi connectivity index (χ4v) is 4.71. The van der Waals surface area contributed by atoms with Gasteiger partial charge in [-0.05, 0) is 12.1 Å². The molecule has 3 aromatic heterocycles. The molecule has 0 unspecified atom stereocenters. The number of nitrogens with zero attached hydrogens (tertiary/aromatic N) is 6. The van der Waals surface area contributed by atoms with Gasteiger partial charge in [0.25, 0.3) is 5.56 Å². The minimum absolute atomic E-state index is 0.0360. The molecule has 0 radical (unpaired) electrons. The number of piperazine rings is 1. The van der Waals surface area contributed by atoms with Crippen molar-refractivity contribution in [1.29, 1.82) is 0 Å². The number of alkyl halides is 3. The van der Waals surface area contributed by atoms with E-state index in [2.05, 4.69) is 14.6 Å². The molecule has 1 fully saturated rings. The van der Waals surface area contributed by atoms with Crippen LogP contribution in [-0.2, 0) is 29.3 Å². The van der Waals surface area contributed by atoms with E-state index in [9.17, 15) is 22.8 Å². The van der Waals surface area contributed by atoms with E-state index in [1.54, 1.807) is 4.90 Å². The van der Waals surface area contributed by atoms with Gasteiger partial charge < -0.3 is 23.7 Å². The zero-order chi connectivity index (χ0) is 26.2. The van der Waals surface area contributed by atoms with Crippen molar-refractivity contribution in [2.24, 2.45) is 7.05 Å². The molecule has 0 aliphatic carbocycles. The third-order valence-electron chi connectivity index (χ3n) is 6.62. The monoisotopic (exact) mass is 517 g/mol. The van der Waals surface area contributed by atoms with Crippen LogP contribution < -0.4 is 10.5 Å². The number of fused-ring (bicyclic) bond motifs is 2. The summed E-state index contributed by atoms with van der Waals surface area (Å²) in [5.41, 5.74) is 0.153. The van der Waals surface area contributed by atoms with Crippen LogP contribution in [0.4, 0.5) is 19.1 Å². The minimum atomic E-state index is -4.67. The molecule has 4 heterocycles. The zero-order valence-electron chi connectivity index (χ0n) is 20.2. The van der Waals surface area contributed by atoms with Gasteiger partial charge in [0.15, 0.2) is 0 Å². The number of aryl methyl sites for hydroxylation is 1. The lowest BCUT2D eigenvalue weighted by molar-refractivity contribution is -0.136. The van der Waals surface area contributed by atoms with Gasteiger partial charge in [0.05, 0.1) is 53.3 Å². The lowest BCUT2D eigenvalue weighted by Gasteiger charge is -2.35. The van der Waals surface area contributed by atoms with Gasteiger partial charge in [-0.15, -0.1) is 0 Å². The second-order valence-corrected chi connectivity index (χ2v) is 8.88. The molecular weight excluding hydrogens is 491 g/mol. The van der Waals surface area contributed by atoms with Gasteiger partial charge in [-0.25, -0.2) is 10.1 Å². The second-order valence-electron chi connectivity index (χ2n) is 8.88. The summed E-state index contributed by atoms with van der Waals surface area (Å²) in [6.07, 6.45) is -2.42. The van der Waals surface area contributed by atoms with Gasteiger partial charge >= 0.3 is 6.18 Å². The average Bonchev–Trinajstić information content (AvgIpc) is 3.43. The summed E-state index contributed by atoms with van der Waals surface area (Å²) < 4.78 is 48.9. The molecule has 37 heavy (non-hydrogen) atoms. The zero-order valence-corrected chi connectivity index (χ0v) is 20.2. The average molecular weight is 518 g/mol. The number of anilines is 1. The SMILES string of the molecule is Cn1c(N2CCN(C(=O)CCOCCn3cc(C(F)(F)F)c4c(=O)[nH]ncc43)CC2)nc2ccccc21. The van der Waals surface area contributed by atoms with Crippen LogP contribution in [0.3, 0.4) is 0 Å². The molecule has 1 N–H and O–H groups in total. The molecule has 196 valence electrons. The fraction of sp³-hybridized carbons (Fsp3) is 0.417. The van der Waals surface area contributed by atoms with Crippen molar-refractivity contribution in [3.63, 3.8) is 0 Å². The molecule has 1 aliphatic heterocycles. The molecule has 4 aromatic rings. The highest BCUT2D eigenvalue weighted by molar-refractivity contribution is 5.83. The van der Waals surface area contributed by atoms with Crippen LogP contribution in [-0.4, -0.2) is 74.5 Å². The van der Waals surface area contributed by atoms with Crippen LogP contribution in [0.5, 0.6) is 0 Å². The Morgan fingerprint density at radius 2 is 1.86 bits per heavy atom. The first-order chi connectivity index (χ1) is 17.7. The van der Waals surface area contributed by atoms with Gasteiger partial charge in [-0.3, -0.25) is 9.59 Å². The molecule has 13 heteroatoms. The molecule has 1 saturated heterocycles. The van der Waals surface area contributed by atoms with Crippen LogP contribution >= 0.6 is 0 Å². The Balaban J connectivity index is 1.10. The molecule has 5 rings (SSSR count). The summed E-state index contributed by atoms with van der Waals surface area (Å²) in [4.78, 5) is 33.2. The van der Waals surface area contributed by atoms with Gasteiger partial charge in [-0.1, -0.05) is 12.1 Å². The topological polar surface area (TPSA) is 101 Å². The number of para-hydroxylation sites is 2. The second kappa shape index (κ2) is 9.88. The molecular formula is C24H26F3N7O3. The number of carbonyl (C=O) groups excluding carboxylic acids is 1. The summed E-state index contributed by atoms with van der Waals surface area (Å²) in [5.74, 6) is 0.839. The maximum Gasteiger partial charge on any atom is 0.418 e. The van der Waals surface area contributed by atoms with E-state index >= 15 is 0 Å². The van der Waals surface area contributed by atoms with Crippen LogP contribution in [0.15, 0.2) is 41.5 Å². The van der Waals surface area contributed by atoms with Gasteiger partial charge in [0, 0.05) is 46.0 Å². The Morgan fingerprint density at radius 3 is 2.59 bits per heavy atom. The van der Waals surface area contributed by atoms with E-state index < -0.39 is 22.7 Å². The Hall–Kier alpha value is -3.87. The number of hydrogen-bond acceptors (Lipinski definition) is 6. The maximum absolute atomic E-state index is 13.3. The van der Waals surface area contributed by atoms with Crippen molar-refractivity contribution in [1.82, 2.24) is 29.2 Å². The fourth-order valence-electron chi connectivity index (χ4n) is 4.71. The van der Waals surface area contributed by atoms with Gasteiger partial charge in [-0.2, -0.15) is 18.3 Å². The summed E-state index contributed by atoms with van der Waals surface area (Å²) >= 11 is 0. The first-order valence-electron chi connectivity index (χ1n) is 11.9. The van der Waals surface area contributed by atoms with Crippen molar-refractivity contribution in [2.75, 3.05) is 44.3 Å². The van der Waals surface area contributed by atoms with Crippen molar-refractivity contribution in [2.45, 2.75) is 19.1 Å². The first-order valence-corrected chi connectivity index (χ1v) is 11.9. The number of H-pyrrole nitrogens is 1. The predicted octanol–water partition coefficient (Wildman–Crippen LogP) is 2.39. The number of aromatic amines is 1. The number of halogens is 3. The molecule has 1 aliphatic rings. The van der Waals surface area contributed by atoms with E-state index in [1.807, 2.05) is 36.4 Å². The highest BCUT2D eigenvalue weighted by atomic mass is 19.4. The quantitative estimate of drug-likeness (QED) is 0.378. The number of carbonyl (C=O) groups is 1. The van der Waals surface area contributed by atoms with Crippen LogP contribution in [0.1, 0.15) is 12.0 Å². The molecule has 1 aromatic carbocycles. The lowest BCUT2D eigenvalue weighted by atomic mass is 10.2. The Kier molecular flexibility index (Phi) is 6.63. The summed E-state index contributed by atoms with van der Waals surface area (Å²) in [6, 6.07) is 7.93. The summed E-state index contributed by atoms with van der Waals surface area (Å²) in [6.45, 7) is 2.79. The predicted molar refractivity (Wildman–Crippen MR) is 130 cm³/mol. The van der Waals surface area contributed by atoms with Gasteiger partial charge in [0.2, 0.25) is 11.9 Å². The van der Waals surface area contributed by atoms with Crippen LogP contribution in [0, 0.1) is 0 Å². The van der Waals surface area contributed by atoms with Crippen molar-refractivity contribution < 1.29 is 22.7 Å². The van der Waals surface area contributed by atoms with E-state index in [4.69, 9.17) is 9.72 Å². The smallest absolute Gasteiger partial charge is 0.379 e. The number of ether oxygens (including phenoxy) is 1. The van der Waals surface area contributed by atoms with E-state index in [-0.39, 0.29) is 37.6 Å². The Bertz CT molecular complexity index is 1480. The highest BCUT2D eigenvalue weighted by Gasteiger charge is 2.36. The number of imidazole rings is 1. The highest BCUT2D eigenvalue weighted by Crippen LogP contribution is 2.34. The van der Waals surface area contributed by atoms with E-state index in [0.717, 1.165) is 23.2 Å². The van der Waals surface area contributed by atoms with E-state index in [0.29, 0.717) is 26.2 Å². The third kappa shape index (κ3) is 4.90. The molecule has 0 atom stereocenters. The largest absolute Gasteiger partial charge is 0.418 e. The van der Waals surface area contributed by atoms with Crippen LogP contribution in [0.25, 0.3) is 21.9 Å². The molecule has 1 amide bonds. The normalized spacial score (nSPS) is 14.7. The minimum Gasteiger partial charge on any atom is -0.379 e. The lowest BCUT2D eigenvalue weighted by Crippen LogP contribution is -2.49. The Labute approximate surface area is 209 Å². The van der Waals surface area contributed by atoms with Crippen molar-refractivity contribution in [3.8, 4) is 0 Å². The van der Waals surface area contributed by atoms with Crippen molar-refractivity contribution in [3.05, 3.63) is 52.6 Å². The molecule has 0 saturated carbocycles. The maximum atomic E-state index is 13.3. The number of rotatable bonds is 7. The van der Waals surface area contributed by atoms with Gasteiger partial charge in [0.1, 0.15) is 0 Å². The number of nitrogens with one attached hydrogen (secondary N) is 1. The Morgan fingerprint density at radius 1 is 1.11 bits per heavy atom. The number of benzene rings is 1. The summed E-state index contributed by atoms with van der Waals surface area (Å²) in [5, 5.41) is 5.19. The third-order valence-corrected chi connectivity index (χ3v) is 6.62. The van der Waals surface area contributed by atoms with E-state index in [1.165, 1.54) is 10.8 Å².